The van der Waals surface area contributed by atoms with Gasteiger partial charge in [-0.15, -0.1) is 0 Å². The van der Waals surface area contributed by atoms with Crippen molar-refractivity contribution in [1.82, 2.24) is 10.2 Å². The van der Waals surface area contributed by atoms with Crippen LogP contribution in [0.4, 0.5) is 0 Å². The van der Waals surface area contributed by atoms with Crippen LogP contribution in [0.15, 0.2) is 6.07 Å². The van der Waals surface area contributed by atoms with E-state index in [1.807, 2.05) is 45.6 Å². The van der Waals surface area contributed by atoms with Crippen molar-refractivity contribution < 1.29 is 18.0 Å². The Hall–Kier alpha value is -1.89. The maximum absolute atomic E-state index is 13.0. The van der Waals surface area contributed by atoms with Crippen LogP contribution in [0.5, 0.6) is 0 Å². The average Bonchev–Trinajstić information content (AvgIpc) is 2.66. The first-order valence-electron chi connectivity index (χ1n) is 11.5. The zero-order valence-electron chi connectivity index (χ0n) is 21.0. The Bertz CT molecular complexity index is 967. The molecule has 0 aromatic heterocycles. The average molecular weight is 465 g/mol. The van der Waals surface area contributed by atoms with Crippen LogP contribution in [0, 0.1) is 26.7 Å². The summed E-state index contributed by atoms with van der Waals surface area (Å²) >= 11 is 0. The molecular formula is C25H40N2O4S. The van der Waals surface area contributed by atoms with Gasteiger partial charge in [0, 0.05) is 24.7 Å². The van der Waals surface area contributed by atoms with Crippen LogP contribution in [0.3, 0.4) is 0 Å². The summed E-state index contributed by atoms with van der Waals surface area (Å²) in [7, 11) is -3.15. The zero-order valence-corrected chi connectivity index (χ0v) is 21.8. The van der Waals surface area contributed by atoms with E-state index in [1.54, 1.807) is 20.8 Å². The number of nitrogens with one attached hydrogen (secondary N) is 1. The quantitative estimate of drug-likeness (QED) is 0.695. The molecule has 180 valence electrons. The van der Waals surface area contributed by atoms with Crippen LogP contribution >= 0.6 is 0 Å². The number of nitrogens with zero attached hydrogens (tertiary/aromatic N) is 1. The number of carbonyl (C=O) groups is 2. The van der Waals surface area contributed by atoms with Crippen molar-refractivity contribution in [2.45, 2.75) is 85.4 Å². The third-order valence-electron chi connectivity index (χ3n) is 6.60. The van der Waals surface area contributed by atoms with Crippen molar-refractivity contribution in [3.8, 4) is 0 Å². The van der Waals surface area contributed by atoms with E-state index in [0.717, 1.165) is 22.3 Å². The topological polar surface area (TPSA) is 83.6 Å². The van der Waals surface area contributed by atoms with Gasteiger partial charge in [0.05, 0.1) is 16.9 Å². The number of hydrogen-bond donors (Lipinski definition) is 1. The maximum atomic E-state index is 13.0. The van der Waals surface area contributed by atoms with E-state index in [9.17, 15) is 18.0 Å². The largest absolute Gasteiger partial charge is 0.350 e. The van der Waals surface area contributed by atoms with E-state index in [1.165, 1.54) is 0 Å². The Morgan fingerprint density at radius 2 is 1.66 bits per heavy atom. The minimum atomic E-state index is -3.15. The smallest absolute Gasteiger partial charge is 0.251 e. The molecule has 1 aliphatic rings. The second-order valence-corrected chi connectivity index (χ2v) is 13.3. The van der Waals surface area contributed by atoms with Crippen LogP contribution in [0.25, 0.3) is 0 Å². The van der Waals surface area contributed by atoms with Gasteiger partial charge in [0.15, 0.2) is 9.84 Å². The van der Waals surface area contributed by atoms with E-state index in [0.29, 0.717) is 37.9 Å². The lowest BCUT2D eigenvalue weighted by molar-refractivity contribution is -0.131. The van der Waals surface area contributed by atoms with Crippen LogP contribution in [0.1, 0.15) is 80.1 Å². The monoisotopic (exact) mass is 464 g/mol. The molecule has 0 spiro atoms. The molecule has 0 atom stereocenters. The second-order valence-electron chi connectivity index (χ2n) is 10.5. The highest BCUT2D eigenvalue weighted by molar-refractivity contribution is 7.92. The summed E-state index contributed by atoms with van der Waals surface area (Å²) in [4.78, 5) is 27.4. The van der Waals surface area contributed by atoms with Gasteiger partial charge < -0.3 is 10.2 Å². The molecule has 1 aromatic carbocycles. The summed E-state index contributed by atoms with van der Waals surface area (Å²) < 4.78 is 24.3. The molecule has 6 nitrogen and oxygen atoms in total. The van der Waals surface area contributed by atoms with Crippen molar-refractivity contribution >= 4 is 21.7 Å². The van der Waals surface area contributed by atoms with Gasteiger partial charge >= 0.3 is 0 Å². The first kappa shape index (κ1) is 26.4. The molecule has 1 heterocycles. The Labute approximate surface area is 194 Å². The first-order valence-corrected chi connectivity index (χ1v) is 13.2. The fourth-order valence-electron chi connectivity index (χ4n) is 4.16. The molecule has 1 N–H and O–H groups in total. The second kappa shape index (κ2) is 9.94. The number of benzene rings is 1. The Kier molecular flexibility index (Phi) is 8.19. The van der Waals surface area contributed by atoms with E-state index in [-0.39, 0.29) is 29.5 Å². The highest BCUT2D eigenvalue weighted by Gasteiger charge is 2.33. The van der Waals surface area contributed by atoms with E-state index in [4.69, 9.17) is 0 Å². The van der Waals surface area contributed by atoms with Gasteiger partial charge in [-0.3, -0.25) is 9.59 Å². The van der Waals surface area contributed by atoms with Crippen molar-refractivity contribution in [3.05, 3.63) is 33.9 Å². The Balaban J connectivity index is 2.06. The van der Waals surface area contributed by atoms with Crippen molar-refractivity contribution in [1.29, 1.82) is 0 Å². The molecule has 2 rings (SSSR count). The Morgan fingerprint density at radius 1 is 1.09 bits per heavy atom. The molecule has 0 unspecified atom stereocenters. The number of rotatable bonds is 6. The van der Waals surface area contributed by atoms with Gasteiger partial charge in [0.25, 0.3) is 5.91 Å². The summed E-state index contributed by atoms with van der Waals surface area (Å²) in [6.45, 7) is 16.1. The predicted molar refractivity (Wildman–Crippen MR) is 130 cm³/mol. The fraction of sp³-hybridized carbons (Fsp3) is 0.680. The van der Waals surface area contributed by atoms with Gasteiger partial charge in [-0.1, -0.05) is 0 Å². The highest BCUT2D eigenvalue weighted by Crippen LogP contribution is 2.27. The Morgan fingerprint density at radius 3 is 2.16 bits per heavy atom. The lowest BCUT2D eigenvalue weighted by atomic mass is 9.90. The van der Waals surface area contributed by atoms with E-state index >= 15 is 0 Å². The van der Waals surface area contributed by atoms with Gasteiger partial charge in [0.1, 0.15) is 0 Å². The van der Waals surface area contributed by atoms with Crippen LogP contribution in [-0.4, -0.2) is 54.8 Å². The van der Waals surface area contributed by atoms with Crippen molar-refractivity contribution in [2.24, 2.45) is 5.92 Å². The molecule has 0 bridgehead atoms. The number of hydrogen-bond acceptors (Lipinski definition) is 4. The summed E-state index contributed by atoms with van der Waals surface area (Å²) in [6.07, 6.45) is 1.73. The number of carbonyl (C=O) groups excluding carboxylic acids is 2. The van der Waals surface area contributed by atoms with Crippen molar-refractivity contribution in [2.75, 3.05) is 18.8 Å². The summed E-state index contributed by atoms with van der Waals surface area (Å²) in [6, 6.07) is 1.94. The predicted octanol–water partition coefficient (Wildman–Crippen LogP) is 3.74. The number of piperidine rings is 1. The molecule has 0 radical (unpaired) electrons. The summed E-state index contributed by atoms with van der Waals surface area (Å²) in [5, 5.41) is 2.94. The van der Waals surface area contributed by atoms with E-state index in [2.05, 4.69) is 5.32 Å². The third-order valence-corrected chi connectivity index (χ3v) is 9.38. The normalized spacial score (nSPS) is 15.8. The molecular weight excluding hydrogens is 424 g/mol. The molecule has 1 fully saturated rings. The number of amides is 2. The van der Waals surface area contributed by atoms with Crippen LogP contribution < -0.4 is 5.32 Å². The van der Waals surface area contributed by atoms with Crippen molar-refractivity contribution in [3.63, 3.8) is 0 Å². The lowest BCUT2D eigenvalue weighted by Crippen LogP contribution is -2.42. The SMILES string of the molecule is Cc1cc(C(=O)NC(C)C)c(C)c(C)c1CC(=O)N1CCC(CS(=O)(=O)C(C)(C)C)CC1. The highest BCUT2D eigenvalue weighted by atomic mass is 32.2. The number of likely N-dealkylation sites (tertiary alicyclic amines) is 1. The summed E-state index contributed by atoms with van der Waals surface area (Å²) in [5.41, 5.74) is 4.47. The minimum absolute atomic E-state index is 0.0603. The van der Waals surface area contributed by atoms with Gasteiger partial charge in [-0.2, -0.15) is 0 Å². The van der Waals surface area contributed by atoms with Crippen LogP contribution in [-0.2, 0) is 21.1 Å². The molecule has 0 aliphatic carbocycles. The lowest BCUT2D eigenvalue weighted by Gasteiger charge is -2.33. The number of sulfone groups is 1. The van der Waals surface area contributed by atoms with Crippen LogP contribution in [0.2, 0.25) is 0 Å². The molecule has 2 amide bonds. The molecule has 1 aromatic rings. The standard InChI is InChI=1S/C25H40N2O4S/c1-16(2)26-24(29)22-13-17(3)21(18(4)19(22)5)14-23(28)27-11-9-20(10-12-27)15-32(30,31)25(6,7)8/h13,16,20H,9-12,14-15H2,1-8H3,(H,26,29). The first-order chi connectivity index (χ1) is 14.6. The maximum Gasteiger partial charge on any atom is 0.251 e. The number of aryl methyl sites for hydroxylation is 1. The zero-order chi connectivity index (χ0) is 24.4. The van der Waals surface area contributed by atoms with Gasteiger partial charge in [0.2, 0.25) is 5.91 Å². The van der Waals surface area contributed by atoms with Gasteiger partial charge in [-0.25, -0.2) is 8.42 Å². The van der Waals surface area contributed by atoms with Gasteiger partial charge in [-0.05, 0) is 102 Å². The molecule has 1 saturated heterocycles. The van der Waals surface area contributed by atoms with E-state index < -0.39 is 14.6 Å². The third kappa shape index (κ3) is 6.12. The molecule has 1 aliphatic heterocycles. The molecule has 32 heavy (non-hydrogen) atoms. The summed E-state index contributed by atoms with van der Waals surface area (Å²) in [5.74, 6) is 0.268. The molecule has 7 heteroatoms. The molecule has 0 saturated carbocycles. The fourth-order valence-corrected chi connectivity index (χ4v) is 5.61. The minimum Gasteiger partial charge on any atom is -0.350 e.